The van der Waals surface area contributed by atoms with Crippen molar-refractivity contribution in [3.63, 3.8) is 0 Å². The van der Waals surface area contributed by atoms with Crippen molar-refractivity contribution in [1.29, 1.82) is 0 Å². The minimum Gasteiger partial charge on any atom is -0.330 e. The van der Waals surface area contributed by atoms with Gasteiger partial charge in [0.15, 0.2) is 0 Å². The van der Waals surface area contributed by atoms with Crippen molar-refractivity contribution in [2.45, 2.75) is 13.0 Å². The van der Waals surface area contributed by atoms with Gasteiger partial charge in [0.2, 0.25) is 0 Å². The number of hydrogen-bond donors (Lipinski definition) is 2. The van der Waals surface area contributed by atoms with Crippen LogP contribution in [-0.4, -0.2) is 14.8 Å². The van der Waals surface area contributed by atoms with Gasteiger partial charge < -0.3 is 9.77 Å². The molecule has 1 aromatic heterocycles. The van der Waals surface area contributed by atoms with Crippen LogP contribution in [0.3, 0.4) is 0 Å². The van der Waals surface area contributed by atoms with Crippen LogP contribution in [0.5, 0.6) is 0 Å². The van der Waals surface area contributed by atoms with E-state index in [1.54, 1.807) is 0 Å². The Morgan fingerprint density at radius 3 is 2.79 bits per heavy atom. The molecule has 1 heterocycles. The molecule has 0 saturated carbocycles. The van der Waals surface area contributed by atoms with Crippen LogP contribution in [0, 0.1) is 0 Å². The van der Waals surface area contributed by atoms with Crippen LogP contribution in [-0.2, 0) is 7.05 Å². The van der Waals surface area contributed by atoms with E-state index in [-0.39, 0.29) is 6.04 Å². The summed E-state index contributed by atoms with van der Waals surface area (Å²) in [7, 11) is 1.94. The second-order valence-corrected chi connectivity index (χ2v) is 3.37. The topological polar surface area (TPSA) is 50.1 Å². The third-order valence-corrected chi connectivity index (χ3v) is 2.40. The number of aromatic nitrogens is 2. The molecule has 0 aliphatic heterocycles. The zero-order chi connectivity index (χ0) is 10.1. The lowest BCUT2D eigenvalue weighted by Crippen LogP contribution is -2.17. The van der Waals surface area contributed by atoms with Crippen molar-refractivity contribution >= 4 is 11.0 Å². The Balaban J connectivity index is 2.62. The van der Waals surface area contributed by atoms with Gasteiger partial charge in [-0.1, -0.05) is 12.1 Å². The molecular weight excluding hydrogens is 178 g/mol. The van der Waals surface area contributed by atoms with E-state index in [1.165, 1.54) is 0 Å². The average Bonchev–Trinajstić information content (AvgIpc) is 2.56. The molecule has 2 N–H and O–H groups in total. The molecule has 2 aromatic rings. The maximum absolute atomic E-state index is 8.83. The van der Waals surface area contributed by atoms with Crippen molar-refractivity contribution in [2.24, 2.45) is 7.05 Å². The quantitative estimate of drug-likeness (QED) is 0.709. The Morgan fingerprint density at radius 1 is 1.43 bits per heavy atom. The molecule has 2 rings (SSSR count). The summed E-state index contributed by atoms with van der Waals surface area (Å²) < 4.78 is 1.98. The standard InChI is InChI=1S/C10H13N3O/c1-7(12-14)10-11-8-5-3-4-6-9(8)13(10)2/h3-7,12,14H,1-2H3. The monoisotopic (exact) mass is 191 g/mol. The van der Waals surface area contributed by atoms with Crippen molar-refractivity contribution in [3.05, 3.63) is 30.1 Å². The lowest BCUT2D eigenvalue weighted by Gasteiger charge is -2.08. The smallest absolute Gasteiger partial charge is 0.128 e. The van der Waals surface area contributed by atoms with Gasteiger partial charge in [0.1, 0.15) is 5.82 Å². The van der Waals surface area contributed by atoms with E-state index in [1.807, 2.05) is 42.8 Å². The minimum atomic E-state index is -0.160. The molecule has 1 unspecified atom stereocenters. The summed E-state index contributed by atoms with van der Waals surface area (Å²) >= 11 is 0. The molecule has 0 aliphatic rings. The molecule has 0 amide bonds. The van der Waals surface area contributed by atoms with Gasteiger partial charge in [-0.25, -0.2) is 4.98 Å². The van der Waals surface area contributed by atoms with Gasteiger partial charge in [-0.2, -0.15) is 5.48 Å². The normalized spacial score (nSPS) is 13.4. The van der Waals surface area contributed by atoms with Crippen LogP contribution in [0.2, 0.25) is 0 Å². The zero-order valence-corrected chi connectivity index (χ0v) is 8.23. The molecule has 14 heavy (non-hydrogen) atoms. The number of hydrogen-bond acceptors (Lipinski definition) is 3. The molecule has 0 bridgehead atoms. The number of nitrogens with zero attached hydrogens (tertiary/aromatic N) is 2. The minimum absolute atomic E-state index is 0.160. The maximum atomic E-state index is 8.83. The molecule has 4 heteroatoms. The first kappa shape index (κ1) is 9.18. The van der Waals surface area contributed by atoms with Gasteiger partial charge >= 0.3 is 0 Å². The first-order chi connectivity index (χ1) is 6.74. The van der Waals surface area contributed by atoms with E-state index >= 15 is 0 Å². The van der Waals surface area contributed by atoms with Gasteiger partial charge in [-0.15, -0.1) is 0 Å². The molecule has 74 valence electrons. The summed E-state index contributed by atoms with van der Waals surface area (Å²) in [5.74, 6) is 0.828. The van der Waals surface area contributed by atoms with Crippen molar-refractivity contribution in [3.8, 4) is 0 Å². The summed E-state index contributed by atoms with van der Waals surface area (Å²) in [6.07, 6.45) is 0. The van der Waals surface area contributed by atoms with E-state index in [4.69, 9.17) is 5.21 Å². The number of rotatable bonds is 2. The van der Waals surface area contributed by atoms with E-state index < -0.39 is 0 Å². The van der Waals surface area contributed by atoms with E-state index in [0.29, 0.717) is 0 Å². The zero-order valence-electron chi connectivity index (χ0n) is 8.23. The SMILES string of the molecule is CC(NO)c1nc2ccccc2n1C. The Morgan fingerprint density at radius 2 is 2.14 bits per heavy atom. The first-order valence-electron chi connectivity index (χ1n) is 4.55. The summed E-state index contributed by atoms with van der Waals surface area (Å²) in [6, 6.07) is 7.74. The third kappa shape index (κ3) is 1.29. The maximum Gasteiger partial charge on any atom is 0.128 e. The summed E-state index contributed by atoms with van der Waals surface area (Å²) in [4.78, 5) is 4.42. The van der Waals surface area contributed by atoms with Crippen molar-refractivity contribution in [2.75, 3.05) is 0 Å². The summed E-state index contributed by atoms with van der Waals surface area (Å²) in [5.41, 5.74) is 4.22. The number of imidazole rings is 1. The number of para-hydroxylation sites is 2. The number of benzene rings is 1. The summed E-state index contributed by atoms with van der Waals surface area (Å²) in [5, 5.41) is 8.83. The Labute approximate surface area is 82.1 Å². The lowest BCUT2D eigenvalue weighted by atomic mass is 10.3. The second kappa shape index (κ2) is 3.40. The highest BCUT2D eigenvalue weighted by molar-refractivity contribution is 5.75. The Bertz CT molecular complexity index is 450. The highest BCUT2D eigenvalue weighted by Crippen LogP contribution is 2.18. The largest absolute Gasteiger partial charge is 0.330 e. The number of aryl methyl sites for hydroxylation is 1. The molecule has 1 aromatic carbocycles. The predicted octanol–water partition coefficient (Wildman–Crippen LogP) is 1.61. The molecule has 0 fully saturated rings. The molecule has 4 nitrogen and oxygen atoms in total. The molecule has 0 saturated heterocycles. The van der Waals surface area contributed by atoms with Crippen LogP contribution in [0.4, 0.5) is 0 Å². The first-order valence-corrected chi connectivity index (χ1v) is 4.55. The molecule has 0 radical (unpaired) electrons. The number of fused-ring (bicyclic) bond motifs is 1. The van der Waals surface area contributed by atoms with Gasteiger partial charge in [-0.3, -0.25) is 0 Å². The van der Waals surface area contributed by atoms with Crippen LogP contribution in [0.1, 0.15) is 18.8 Å². The summed E-state index contributed by atoms with van der Waals surface area (Å²) in [6.45, 7) is 1.86. The molecule has 0 spiro atoms. The highest BCUT2D eigenvalue weighted by Gasteiger charge is 2.12. The fourth-order valence-electron chi connectivity index (χ4n) is 1.61. The Kier molecular flexibility index (Phi) is 2.23. The lowest BCUT2D eigenvalue weighted by molar-refractivity contribution is 0.129. The molecule has 1 atom stereocenters. The van der Waals surface area contributed by atoms with Crippen LogP contribution in [0.25, 0.3) is 11.0 Å². The number of hydroxylamine groups is 1. The second-order valence-electron chi connectivity index (χ2n) is 3.37. The van der Waals surface area contributed by atoms with Crippen molar-refractivity contribution in [1.82, 2.24) is 15.0 Å². The van der Waals surface area contributed by atoms with Crippen LogP contribution < -0.4 is 5.48 Å². The van der Waals surface area contributed by atoms with Gasteiger partial charge in [0.25, 0.3) is 0 Å². The fraction of sp³-hybridized carbons (Fsp3) is 0.300. The van der Waals surface area contributed by atoms with E-state index in [0.717, 1.165) is 16.9 Å². The van der Waals surface area contributed by atoms with Crippen molar-refractivity contribution < 1.29 is 5.21 Å². The van der Waals surface area contributed by atoms with E-state index in [2.05, 4.69) is 10.5 Å². The van der Waals surface area contributed by atoms with Gasteiger partial charge in [0, 0.05) is 7.05 Å². The Hall–Kier alpha value is -1.39. The van der Waals surface area contributed by atoms with Gasteiger partial charge in [-0.05, 0) is 19.1 Å². The molecule has 0 aliphatic carbocycles. The van der Waals surface area contributed by atoms with Gasteiger partial charge in [0.05, 0.1) is 17.1 Å². The average molecular weight is 191 g/mol. The van der Waals surface area contributed by atoms with Crippen LogP contribution in [0.15, 0.2) is 24.3 Å². The third-order valence-electron chi connectivity index (χ3n) is 2.40. The molecular formula is C10H13N3O. The number of nitrogens with one attached hydrogen (secondary N) is 1. The highest BCUT2D eigenvalue weighted by atomic mass is 16.5. The van der Waals surface area contributed by atoms with Crippen LogP contribution >= 0.6 is 0 Å². The van der Waals surface area contributed by atoms with E-state index in [9.17, 15) is 0 Å². The predicted molar refractivity (Wildman–Crippen MR) is 54.1 cm³/mol. The fourth-order valence-corrected chi connectivity index (χ4v) is 1.61.